The van der Waals surface area contributed by atoms with E-state index in [4.69, 9.17) is 4.42 Å². The molecular weight excluding hydrogens is 390 g/mol. The summed E-state index contributed by atoms with van der Waals surface area (Å²) in [6.07, 6.45) is 0. The zero-order chi connectivity index (χ0) is 21.1. The van der Waals surface area contributed by atoms with Gasteiger partial charge >= 0.3 is 0 Å². The second-order valence-corrected chi connectivity index (χ2v) is 8.25. The van der Waals surface area contributed by atoms with Gasteiger partial charge in [-0.1, -0.05) is 78.9 Å². The van der Waals surface area contributed by atoms with E-state index in [2.05, 4.69) is 102 Å². The first-order chi connectivity index (χ1) is 15.9. The van der Waals surface area contributed by atoms with Gasteiger partial charge in [-0.2, -0.15) is 0 Å². The molecule has 0 saturated heterocycles. The van der Waals surface area contributed by atoms with Crippen LogP contribution in [0.1, 0.15) is 0 Å². The number of benzene rings is 5. The fourth-order valence-corrected chi connectivity index (χ4v) is 4.97. The van der Waals surface area contributed by atoms with Crippen LogP contribution in [-0.2, 0) is 0 Å². The Morgan fingerprint density at radius 1 is 0.375 bits per heavy atom. The zero-order valence-corrected chi connectivity index (χ0v) is 17.3. The topological polar surface area (TPSA) is 28.9 Å². The SMILES string of the molecule is c1ccc2c(c1)[nH]c1cc3c(cc12)c1ccccc1oc1ccccc1c1ccccc13. The molecule has 2 nitrogen and oxygen atoms in total. The van der Waals surface area contributed by atoms with Gasteiger partial charge < -0.3 is 9.40 Å². The molecule has 0 fully saturated rings. The highest BCUT2D eigenvalue weighted by Crippen LogP contribution is 2.36. The Hall–Kier alpha value is -4.30. The van der Waals surface area contributed by atoms with Crippen molar-refractivity contribution in [3.63, 3.8) is 0 Å². The third-order valence-electron chi connectivity index (χ3n) is 6.44. The first kappa shape index (κ1) is 17.4. The van der Waals surface area contributed by atoms with Crippen molar-refractivity contribution in [3.8, 4) is 0 Å². The van der Waals surface area contributed by atoms with Gasteiger partial charge in [-0.3, -0.25) is 0 Å². The molecule has 0 aliphatic heterocycles. The third-order valence-corrected chi connectivity index (χ3v) is 6.44. The number of rotatable bonds is 0. The van der Waals surface area contributed by atoms with E-state index in [1.807, 2.05) is 12.1 Å². The van der Waals surface area contributed by atoms with Crippen LogP contribution >= 0.6 is 0 Å². The molecule has 2 heteroatoms. The first-order valence-corrected chi connectivity index (χ1v) is 10.9. The number of fused-ring (bicyclic) bond motifs is 10. The Labute approximate surface area is 184 Å². The largest absolute Gasteiger partial charge is 0.456 e. The zero-order valence-electron chi connectivity index (χ0n) is 17.3. The first-order valence-electron chi connectivity index (χ1n) is 10.9. The van der Waals surface area contributed by atoms with Gasteiger partial charge in [0.1, 0.15) is 11.2 Å². The maximum Gasteiger partial charge on any atom is 0.135 e. The van der Waals surface area contributed by atoms with Crippen molar-refractivity contribution in [1.82, 2.24) is 4.98 Å². The molecule has 2 heterocycles. The van der Waals surface area contributed by atoms with E-state index in [1.165, 1.54) is 32.3 Å². The monoisotopic (exact) mass is 409 g/mol. The number of aromatic nitrogens is 1. The van der Waals surface area contributed by atoms with Crippen molar-refractivity contribution < 1.29 is 4.42 Å². The molecule has 7 rings (SSSR count). The van der Waals surface area contributed by atoms with E-state index in [1.54, 1.807) is 0 Å². The third kappa shape index (κ3) is 2.47. The number of H-pyrrole nitrogens is 1. The minimum atomic E-state index is 0.869. The van der Waals surface area contributed by atoms with Gasteiger partial charge in [-0.25, -0.2) is 0 Å². The van der Waals surface area contributed by atoms with Crippen molar-refractivity contribution in [3.05, 3.63) is 109 Å². The maximum atomic E-state index is 6.55. The summed E-state index contributed by atoms with van der Waals surface area (Å²) in [5.41, 5.74) is 4.04. The second-order valence-electron chi connectivity index (χ2n) is 8.25. The Bertz CT molecular complexity index is 1890. The highest BCUT2D eigenvalue weighted by atomic mass is 16.3. The number of para-hydroxylation sites is 3. The van der Waals surface area contributed by atoms with E-state index in [0.29, 0.717) is 0 Å². The lowest BCUT2D eigenvalue weighted by Crippen LogP contribution is -1.77. The van der Waals surface area contributed by atoms with Gasteiger partial charge in [-0.15, -0.1) is 0 Å². The lowest BCUT2D eigenvalue weighted by molar-refractivity contribution is 0.663. The molecular formula is C30H19NO. The summed E-state index contributed by atoms with van der Waals surface area (Å²) in [6.45, 7) is 0. The highest BCUT2D eigenvalue weighted by molar-refractivity contribution is 6.23. The number of nitrogens with one attached hydrogen (secondary N) is 1. The number of aromatic amines is 1. The van der Waals surface area contributed by atoms with Gasteiger partial charge in [0.15, 0.2) is 0 Å². The minimum absolute atomic E-state index is 0.869. The molecule has 7 aromatic rings. The molecule has 0 bridgehead atoms. The standard InChI is InChI=1S/C30H19NO/c1-2-10-20-19(9-1)22-12-4-7-15-29(22)32-30-16-8-5-13-23(30)24-17-26-21-11-3-6-14-27(21)31-28(26)18-25(20)24/h1-18,31H. The van der Waals surface area contributed by atoms with Gasteiger partial charge in [0.05, 0.1) is 0 Å². The molecule has 0 spiro atoms. The summed E-state index contributed by atoms with van der Waals surface area (Å²) in [5, 5.41) is 9.42. The van der Waals surface area contributed by atoms with E-state index < -0.39 is 0 Å². The smallest absolute Gasteiger partial charge is 0.135 e. The highest BCUT2D eigenvalue weighted by Gasteiger charge is 2.10. The Morgan fingerprint density at radius 2 is 0.875 bits per heavy atom. The fourth-order valence-electron chi connectivity index (χ4n) is 4.97. The Balaban J connectivity index is 1.88. The Kier molecular flexibility index (Phi) is 3.58. The van der Waals surface area contributed by atoms with E-state index in [0.717, 1.165) is 33.0 Å². The lowest BCUT2D eigenvalue weighted by Gasteiger charge is -2.03. The summed E-state index contributed by atoms with van der Waals surface area (Å²) >= 11 is 0. The molecule has 0 unspecified atom stereocenters. The van der Waals surface area contributed by atoms with Crippen molar-refractivity contribution in [1.29, 1.82) is 0 Å². The van der Waals surface area contributed by atoms with Crippen LogP contribution in [0.5, 0.6) is 0 Å². The molecule has 0 aliphatic carbocycles. The van der Waals surface area contributed by atoms with Crippen molar-refractivity contribution in [2.24, 2.45) is 0 Å². The normalized spacial score (nSPS) is 11.8. The minimum Gasteiger partial charge on any atom is -0.456 e. The molecule has 0 atom stereocenters. The van der Waals surface area contributed by atoms with Crippen molar-refractivity contribution in [2.75, 3.05) is 0 Å². The van der Waals surface area contributed by atoms with Crippen molar-refractivity contribution >= 4 is 65.3 Å². The molecule has 0 amide bonds. The predicted molar refractivity (Wildman–Crippen MR) is 136 cm³/mol. The van der Waals surface area contributed by atoms with Crippen molar-refractivity contribution in [2.45, 2.75) is 0 Å². The molecule has 0 aliphatic rings. The lowest BCUT2D eigenvalue weighted by atomic mass is 9.99. The predicted octanol–water partition coefficient (Wildman–Crippen LogP) is 8.65. The van der Waals surface area contributed by atoms with E-state index >= 15 is 0 Å². The van der Waals surface area contributed by atoms with Crippen LogP contribution in [0, 0.1) is 0 Å². The van der Waals surface area contributed by atoms with E-state index in [9.17, 15) is 0 Å². The Morgan fingerprint density at radius 3 is 1.59 bits per heavy atom. The molecule has 150 valence electrons. The summed E-state index contributed by atoms with van der Waals surface area (Å²) in [7, 11) is 0. The van der Waals surface area contributed by atoms with Gasteiger partial charge in [0.25, 0.3) is 0 Å². The van der Waals surface area contributed by atoms with Crippen LogP contribution < -0.4 is 0 Å². The molecule has 32 heavy (non-hydrogen) atoms. The summed E-state index contributed by atoms with van der Waals surface area (Å²) in [5.74, 6) is 0. The van der Waals surface area contributed by atoms with Crippen LogP contribution in [0.15, 0.2) is 114 Å². The van der Waals surface area contributed by atoms with Crippen LogP contribution in [0.3, 0.4) is 0 Å². The summed E-state index contributed by atoms with van der Waals surface area (Å²) in [4.78, 5) is 3.62. The molecule has 0 saturated carbocycles. The number of hydrogen-bond donors (Lipinski definition) is 1. The van der Waals surface area contributed by atoms with Gasteiger partial charge in [0.2, 0.25) is 0 Å². The van der Waals surface area contributed by atoms with Gasteiger partial charge in [0, 0.05) is 32.6 Å². The fraction of sp³-hybridized carbons (Fsp3) is 0. The van der Waals surface area contributed by atoms with Crippen LogP contribution in [0.2, 0.25) is 0 Å². The van der Waals surface area contributed by atoms with Crippen LogP contribution in [0.25, 0.3) is 65.3 Å². The number of hydrogen-bond acceptors (Lipinski definition) is 1. The second kappa shape index (κ2) is 6.60. The maximum absolute atomic E-state index is 6.55. The quantitative estimate of drug-likeness (QED) is 0.267. The van der Waals surface area contributed by atoms with Crippen LogP contribution in [0.4, 0.5) is 0 Å². The van der Waals surface area contributed by atoms with E-state index in [-0.39, 0.29) is 0 Å². The molecule has 0 radical (unpaired) electrons. The average molecular weight is 409 g/mol. The molecule has 1 N–H and O–H groups in total. The average Bonchev–Trinajstić information content (AvgIpc) is 3.23. The molecule has 5 aromatic carbocycles. The summed E-state index contributed by atoms with van der Waals surface area (Å²) < 4.78 is 6.55. The van der Waals surface area contributed by atoms with Gasteiger partial charge in [-0.05, 0) is 51.9 Å². The molecule has 2 aromatic heterocycles. The summed E-state index contributed by atoms with van der Waals surface area (Å²) in [6, 6.07) is 38.4. The van der Waals surface area contributed by atoms with Crippen LogP contribution in [-0.4, -0.2) is 4.98 Å².